The van der Waals surface area contributed by atoms with Crippen LogP contribution in [-0.2, 0) is 6.42 Å². The minimum absolute atomic E-state index is 0.362. The number of fused-ring (bicyclic) bond motifs is 1. The van der Waals surface area contributed by atoms with E-state index in [1.807, 2.05) is 6.08 Å². The molecule has 0 saturated heterocycles. The third-order valence-electron chi connectivity index (χ3n) is 3.55. The van der Waals surface area contributed by atoms with Gasteiger partial charge in [-0.3, -0.25) is 5.21 Å². The smallest absolute Gasteiger partial charge is 0.192 e. The number of hydrogen-bond acceptors (Lipinski definition) is 8. The molecule has 1 heterocycles. The number of ether oxygens (including phenoxy) is 1. The molecule has 1 aliphatic rings. The Bertz CT molecular complexity index is 718. The summed E-state index contributed by atoms with van der Waals surface area (Å²) in [4.78, 5) is 0.613. The van der Waals surface area contributed by atoms with Gasteiger partial charge in [0.1, 0.15) is 10.8 Å². The van der Waals surface area contributed by atoms with Gasteiger partial charge in [-0.15, -0.1) is 0 Å². The first kappa shape index (κ1) is 18.5. The summed E-state index contributed by atoms with van der Waals surface area (Å²) in [6, 6.07) is 0. The fourth-order valence-electron chi connectivity index (χ4n) is 2.36. The van der Waals surface area contributed by atoms with E-state index in [1.165, 1.54) is 23.7 Å². The highest BCUT2D eigenvalue weighted by molar-refractivity contribution is 7.81. The number of anilines is 1. The Hall–Kier alpha value is -1.87. The lowest BCUT2D eigenvalue weighted by Crippen LogP contribution is -2.27. The van der Waals surface area contributed by atoms with E-state index in [9.17, 15) is 5.21 Å². The molecule has 0 spiro atoms. The highest BCUT2D eigenvalue weighted by atomic mass is 32.1. The van der Waals surface area contributed by atoms with Crippen molar-refractivity contribution in [3.05, 3.63) is 47.0 Å². The molecular weight excluding hydrogens is 344 g/mol. The third-order valence-corrected chi connectivity index (χ3v) is 5.11. The van der Waals surface area contributed by atoms with Crippen LogP contribution in [0, 0.1) is 5.92 Å². The molecule has 24 heavy (non-hydrogen) atoms. The molecule has 2 rings (SSSR count). The average molecular weight is 367 g/mol. The molecule has 6 nitrogen and oxygen atoms in total. The molecule has 1 aliphatic carbocycles. The highest BCUT2D eigenvalue weighted by Gasteiger charge is 2.30. The highest BCUT2D eigenvalue weighted by Crippen LogP contribution is 2.46. The van der Waals surface area contributed by atoms with Crippen LogP contribution in [0.25, 0.3) is 0 Å². The summed E-state index contributed by atoms with van der Waals surface area (Å²) >= 11 is 6.75. The minimum Gasteiger partial charge on any atom is -0.444 e. The van der Waals surface area contributed by atoms with Crippen LogP contribution < -0.4 is 27.2 Å². The normalized spacial score (nSPS) is 17.0. The van der Waals surface area contributed by atoms with Gasteiger partial charge >= 0.3 is 0 Å². The molecule has 7 N–H and O–H groups in total. The molecule has 1 aromatic heterocycles. The van der Waals surface area contributed by atoms with Crippen molar-refractivity contribution in [2.75, 3.05) is 5.17 Å². The number of allylic oxidation sites excluding steroid dienone is 3. The second-order valence-corrected chi connectivity index (χ2v) is 7.06. The van der Waals surface area contributed by atoms with Gasteiger partial charge in [-0.05, 0) is 36.6 Å². The maximum Gasteiger partial charge on any atom is 0.192 e. The van der Waals surface area contributed by atoms with E-state index in [0.717, 1.165) is 16.7 Å². The van der Waals surface area contributed by atoms with E-state index in [2.05, 4.69) is 13.8 Å². The van der Waals surface area contributed by atoms with Gasteiger partial charge in [0.05, 0.1) is 10.4 Å². The van der Waals surface area contributed by atoms with Crippen LogP contribution in [0.5, 0.6) is 5.06 Å². The van der Waals surface area contributed by atoms with E-state index in [1.54, 1.807) is 6.08 Å². The number of thiocarbonyl (C=S) groups is 1. The standard InChI is InChI=1S/C16H22N4O2S2/c1-9(2)3-5-11(8-18)22-16-13-12(15(24-16)20(19)21)6-4-10(7-17)14(13)23/h3,5,7-9,21H,4,6,17-19H2,1-2H3/b5-3-,10-7?,11-8+. The van der Waals surface area contributed by atoms with Crippen molar-refractivity contribution in [3.63, 3.8) is 0 Å². The van der Waals surface area contributed by atoms with Crippen LogP contribution in [0.15, 0.2) is 35.9 Å². The number of nitrogens with two attached hydrogens (primary N) is 3. The van der Waals surface area contributed by atoms with Gasteiger partial charge in [0, 0.05) is 11.8 Å². The van der Waals surface area contributed by atoms with Gasteiger partial charge < -0.3 is 16.2 Å². The van der Waals surface area contributed by atoms with Crippen LogP contribution in [0.1, 0.15) is 31.4 Å². The number of rotatable bonds is 5. The number of hydrogen-bond donors (Lipinski definition) is 4. The van der Waals surface area contributed by atoms with Crippen LogP contribution in [0.4, 0.5) is 5.00 Å². The first-order chi connectivity index (χ1) is 11.4. The molecular formula is C16H22N4O2S2. The number of nitrogens with zero attached hydrogens (tertiary/aromatic N) is 1. The topological polar surface area (TPSA) is 111 Å². The van der Waals surface area contributed by atoms with Crippen molar-refractivity contribution in [1.82, 2.24) is 0 Å². The first-order valence-electron chi connectivity index (χ1n) is 7.51. The first-order valence-corrected chi connectivity index (χ1v) is 8.74. The van der Waals surface area contributed by atoms with Crippen LogP contribution in [0.2, 0.25) is 0 Å². The van der Waals surface area contributed by atoms with Crippen molar-refractivity contribution in [2.24, 2.45) is 23.2 Å². The summed E-state index contributed by atoms with van der Waals surface area (Å²) in [5.41, 5.74) is 13.8. The zero-order valence-corrected chi connectivity index (χ0v) is 15.3. The zero-order chi connectivity index (χ0) is 17.9. The molecule has 0 amide bonds. The van der Waals surface area contributed by atoms with E-state index in [0.29, 0.717) is 44.6 Å². The molecule has 0 saturated carbocycles. The molecule has 0 aromatic carbocycles. The van der Waals surface area contributed by atoms with E-state index >= 15 is 0 Å². The Balaban J connectivity index is 2.46. The van der Waals surface area contributed by atoms with Crippen LogP contribution >= 0.6 is 23.6 Å². The molecule has 0 bridgehead atoms. The Morgan fingerprint density at radius 3 is 2.62 bits per heavy atom. The van der Waals surface area contributed by atoms with Gasteiger partial charge in [-0.2, -0.15) is 5.17 Å². The molecule has 1 aromatic rings. The summed E-state index contributed by atoms with van der Waals surface area (Å²) in [6.45, 7) is 4.11. The largest absolute Gasteiger partial charge is 0.444 e. The zero-order valence-electron chi connectivity index (χ0n) is 13.7. The predicted octanol–water partition coefficient (Wildman–Crippen LogP) is 2.72. The van der Waals surface area contributed by atoms with Gasteiger partial charge in [0.25, 0.3) is 0 Å². The second-order valence-electron chi connectivity index (χ2n) is 5.69. The van der Waals surface area contributed by atoms with E-state index in [-0.39, 0.29) is 0 Å². The maximum atomic E-state index is 9.70. The predicted molar refractivity (Wildman–Crippen MR) is 102 cm³/mol. The van der Waals surface area contributed by atoms with E-state index < -0.39 is 0 Å². The molecule has 0 aliphatic heterocycles. The monoisotopic (exact) mass is 366 g/mol. The fourth-order valence-corrected chi connectivity index (χ4v) is 3.87. The molecule has 0 atom stereocenters. The summed E-state index contributed by atoms with van der Waals surface area (Å²) in [6.07, 6.45) is 8.06. The quantitative estimate of drug-likeness (QED) is 0.158. The molecule has 0 radical (unpaired) electrons. The Labute approximate surface area is 150 Å². The molecule has 8 heteroatoms. The molecule has 0 fully saturated rings. The number of thiophene rings is 1. The second kappa shape index (κ2) is 7.80. The average Bonchev–Trinajstić information content (AvgIpc) is 2.91. The van der Waals surface area contributed by atoms with Gasteiger partial charge in [0.2, 0.25) is 0 Å². The molecule has 0 unspecified atom stereocenters. The lowest BCUT2D eigenvalue weighted by Gasteiger charge is -2.19. The van der Waals surface area contributed by atoms with Crippen molar-refractivity contribution in [3.8, 4) is 5.06 Å². The summed E-state index contributed by atoms with van der Waals surface area (Å²) in [7, 11) is 0. The fraction of sp³-hybridized carbons (Fsp3) is 0.312. The Morgan fingerprint density at radius 2 is 2.08 bits per heavy atom. The SMILES string of the molecule is CC(C)/C=C\C(=C/N)Oc1sc(N(N)O)c2c1C(=S)C(=CN)CC2. The van der Waals surface area contributed by atoms with Crippen molar-refractivity contribution in [1.29, 1.82) is 0 Å². The summed E-state index contributed by atoms with van der Waals surface area (Å²) < 4.78 is 5.93. The van der Waals surface area contributed by atoms with Gasteiger partial charge in [0.15, 0.2) is 5.06 Å². The van der Waals surface area contributed by atoms with Crippen molar-refractivity contribution < 1.29 is 9.94 Å². The number of hydrazine groups is 1. The van der Waals surface area contributed by atoms with Gasteiger partial charge in [-0.1, -0.05) is 43.5 Å². The van der Waals surface area contributed by atoms with Crippen LogP contribution in [0.3, 0.4) is 0 Å². The Morgan fingerprint density at radius 1 is 1.38 bits per heavy atom. The lowest BCUT2D eigenvalue weighted by atomic mass is 9.90. The third kappa shape index (κ3) is 3.78. The molecule has 130 valence electrons. The lowest BCUT2D eigenvalue weighted by molar-refractivity contribution is 0.259. The van der Waals surface area contributed by atoms with E-state index in [4.69, 9.17) is 34.3 Å². The Kier molecular flexibility index (Phi) is 6.00. The van der Waals surface area contributed by atoms with Gasteiger partial charge in [-0.25, -0.2) is 5.84 Å². The van der Waals surface area contributed by atoms with Crippen LogP contribution in [-0.4, -0.2) is 10.1 Å². The summed E-state index contributed by atoms with van der Waals surface area (Å²) in [5.74, 6) is 6.39. The minimum atomic E-state index is 0.362. The maximum absolute atomic E-state index is 9.70. The van der Waals surface area contributed by atoms with Crippen molar-refractivity contribution in [2.45, 2.75) is 26.7 Å². The van der Waals surface area contributed by atoms with Crippen molar-refractivity contribution >= 4 is 33.4 Å². The summed E-state index contributed by atoms with van der Waals surface area (Å²) in [5, 5.41) is 11.3.